The van der Waals surface area contributed by atoms with Crippen molar-refractivity contribution >= 4 is 17.0 Å². The van der Waals surface area contributed by atoms with Crippen molar-refractivity contribution in [3.8, 4) is 0 Å². The standard InChI is InChI=1S/C12H14N4O2/c17-12(18)8-1-2-11-10(7-8)14-15-16(11)9-3-5-13-6-4-9/h1-2,7,9,13H,3-6H2,(H,17,18). The Hall–Kier alpha value is -1.95. The molecule has 1 aromatic heterocycles. The lowest BCUT2D eigenvalue weighted by atomic mass is 10.1. The predicted molar refractivity (Wildman–Crippen MR) is 65.6 cm³/mol. The van der Waals surface area contributed by atoms with Gasteiger partial charge in [-0.3, -0.25) is 0 Å². The molecule has 1 aliphatic rings. The molecule has 18 heavy (non-hydrogen) atoms. The van der Waals surface area contributed by atoms with Crippen molar-refractivity contribution in [2.24, 2.45) is 0 Å². The highest BCUT2D eigenvalue weighted by atomic mass is 16.4. The van der Waals surface area contributed by atoms with Gasteiger partial charge in [0.25, 0.3) is 0 Å². The molecule has 6 nitrogen and oxygen atoms in total. The summed E-state index contributed by atoms with van der Waals surface area (Å²) in [5, 5.41) is 20.5. The summed E-state index contributed by atoms with van der Waals surface area (Å²) >= 11 is 0. The smallest absolute Gasteiger partial charge is 0.335 e. The molecule has 2 aromatic rings. The fourth-order valence-corrected chi connectivity index (χ4v) is 2.40. The molecule has 0 aliphatic carbocycles. The van der Waals surface area contributed by atoms with E-state index in [1.807, 2.05) is 4.68 Å². The van der Waals surface area contributed by atoms with Crippen LogP contribution in [0, 0.1) is 0 Å². The lowest BCUT2D eigenvalue weighted by Gasteiger charge is -2.22. The number of aromatic carboxylic acids is 1. The van der Waals surface area contributed by atoms with Crippen molar-refractivity contribution in [3.63, 3.8) is 0 Å². The first-order valence-corrected chi connectivity index (χ1v) is 6.04. The molecule has 1 fully saturated rings. The number of piperidine rings is 1. The van der Waals surface area contributed by atoms with Crippen LogP contribution in [0.2, 0.25) is 0 Å². The maximum absolute atomic E-state index is 10.9. The van der Waals surface area contributed by atoms with Crippen molar-refractivity contribution in [1.29, 1.82) is 0 Å². The quantitative estimate of drug-likeness (QED) is 0.828. The molecule has 0 spiro atoms. The van der Waals surface area contributed by atoms with Crippen molar-refractivity contribution in [2.45, 2.75) is 18.9 Å². The third-order valence-corrected chi connectivity index (χ3v) is 3.37. The second-order valence-electron chi connectivity index (χ2n) is 4.52. The average molecular weight is 246 g/mol. The zero-order valence-corrected chi connectivity index (χ0v) is 9.83. The molecule has 0 saturated carbocycles. The van der Waals surface area contributed by atoms with Gasteiger partial charge in [0.05, 0.1) is 17.1 Å². The number of nitrogens with zero attached hydrogens (tertiary/aromatic N) is 3. The van der Waals surface area contributed by atoms with Crippen molar-refractivity contribution in [3.05, 3.63) is 23.8 Å². The van der Waals surface area contributed by atoms with E-state index in [0.717, 1.165) is 31.4 Å². The highest BCUT2D eigenvalue weighted by Crippen LogP contribution is 2.23. The van der Waals surface area contributed by atoms with E-state index < -0.39 is 5.97 Å². The molecule has 1 saturated heterocycles. The van der Waals surface area contributed by atoms with Gasteiger partial charge in [-0.1, -0.05) is 5.21 Å². The Labute approximate surface area is 104 Å². The zero-order chi connectivity index (χ0) is 12.5. The minimum absolute atomic E-state index is 0.250. The van der Waals surface area contributed by atoms with Gasteiger partial charge in [0.2, 0.25) is 0 Å². The number of carboxylic acid groups (broad SMARTS) is 1. The summed E-state index contributed by atoms with van der Waals surface area (Å²) in [6.45, 7) is 1.97. The summed E-state index contributed by atoms with van der Waals surface area (Å²) in [6.07, 6.45) is 2.05. The predicted octanol–water partition coefficient (Wildman–Crippen LogP) is 1.05. The van der Waals surface area contributed by atoms with Crippen LogP contribution in [-0.4, -0.2) is 39.2 Å². The van der Waals surface area contributed by atoms with Gasteiger partial charge in [-0.15, -0.1) is 5.10 Å². The third-order valence-electron chi connectivity index (χ3n) is 3.37. The lowest BCUT2D eigenvalue weighted by molar-refractivity contribution is 0.0697. The summed E-state index contributed by atoms with van der Waals surface area (Å²) in [5.41, 5.74) is 1.81. The van der Waals surface area contributed by atoms with Crippen molar-refractivity contribution in [2.75, 3.05) is 13.1 Å². The number of fused-ring (bicyclic) bond motifs is 1. The SMILES string of the molecule is O=C(O)c1ccc2c(c1)nnn2C1CCNCC1. The normalized spacial score (nSPS) is 17.1. The van der Waals surface area contributed by atoms with Crippen LogP contribution in [0.1, 0.15) is 29.2 Å². The molecular formula is C12H14N4O2. The summed E-state index contributed by atoms with van der Waals surface area (Å²) in [6, 6.07) is 5.32. The molecule has 2 heterocycles. The molecular weight excluding hydrogens is 232 g/mol. The minimum Gasteiger partial charge on any atom is -0.478 e. The highest BCUT2D eigenvalue weighted by Gasteiger charge is 2.18. The van der Waals surface area contributed by atoms with E-state index in [4.69, 9.17) is 5.11 Å². The van der Waals surface area contributed by atoms with E-state index in [1.54, 1.807) is 18.2 Å². The van der Waals surface area contributed by atoms with Crippen LogP contribution in [0.25, 0.3) is 11.0 Å². The number of nitrogens with one attached hydrogen (secondary N) is 1. The van der Waals surface area contributed by atoms with Gasteiger partial charge >= 0.3 is 5.97 Å². The van der Waals surface area contributed by atoms with Crippen LogP contribution in [0.5, 0.6) is 0 Å². The third kappa shape index (κ3) is 1.84. The van der Waals surface area contributed by atoms with Crippen molar-refractivity contribution in [1.82, 2.24) is 20.3 Å². The monoisotopic (exact) mass is 246 g/mol. The fraction of sp³-hybridized carbons (Fsp3) is 0.417. The average Bonchev–Trinajstić information content (AvgIpc) is 2.82. The molecule has 3 rings (SSSR count). The van der Waals surface area contributed by atoms with Crippen LogP contribution in [0.4, 0.5) is 0 Å². The Balaban J connectivity index is 2.01. The number of carbonyl (C=O) groups is 1. The van der Waals surface area contributed by atoms with Gasteiger partial charge in [0.1, 0.15) is 5.52 Å². The van der Waals surface area contributed by atoms with Crippen LogP contribution < -0.4 is 5.32 Å². The Morgan fingerprint density at radius 2 is 2.17 bits per heavy atom. The highest BCUT2D eigenvalue weighted by molar-refractivity contribution is 5.92. The molecule has 1 aromatic carbocycles. The van der Waals surface area contributed by atoms with E-state index in [1.165, 1.54) is 0 Å². The number of rotatable bonds is 2. The Morgan fingerprint density at radius 1 is 1.39 bits per heavy atom. The summed E-state index contributed by atoms with van der Waals surface area (Å²) in [5.74, 6) is -0.937. The van der Waals surface area contributed by atoms with Gasteiger partial charge in [-0.2, -0.15) is 0 Å². The molecule has 2 N–H and O–H groups in total. The summed E-state index contributed by atoms with van der Waals surface area (Å²) in [4.78, 5) is 10.9. The maximum atomic E-state index is 10.9. The van der Waals surface area contributed by atoms with Crippen LogP contribution >= 0.6 is 0 Å². The van der Waals surface area contributed by atoms with Gasteiger partial charge < -0.3 is 10.4 Å². The van der Waals surface area contributed by atoms with E-state index in [0.29, 0.717) is 11.6 Å². The Morgan fingerprint density at radius 3 is 2.89 bits per heavy atom. The first kappa shape index (κ1) is 11.2. The molecule has 0 radical (unpaired) electrons. The van der Waals surface area contributed by atoms with Gasteiger partial charge in [0, 0.05) is 0 Å². The largest absolute Gasteiger partial charge is 0.478 e. The van der Waals surface area contributed by atoms with Gasteiger partial charge in [0.15, 0.2) is 0 Å². The van der Waals surface area contributed by atoms with Crippen LogP contribution in [0.3, 0.4) is 0 Å². The molecule has 0 amide bonds. The second kappa shape index (κ2) is 4.38. The fourth-order valence-electron chi connectivity index (χ4n) is 2.40. The number of carboxylic acids is 1. The molecule has 6 heteroatoms. The minimum atomic E-state index is -0.937. The van der Waals surface area contributed by atoms with E-state index in [9.17, 15) is 4.79 Å². The summed E-state index contributed by atoms with van der Waals surface area (Å²) in [7, 11) is 0. The van der Waals surface area contributed by atoms with Gasteiger partial charge in [-0.25, -0.2) is 9.48 Å². The molecule has 0 unspecified atom stereocenters. The number of hydrogen-bond acceptors (Lipinski definition) is 4. The first-order chi connectivity index (χ1) is 8.75. The lowest BCUT2D eigenvalue weighted by Crippen LogP contribution is -2.29. The topological polar surface area (TPSA) is 80.0 Å². The van der Waals surface area contributed by atoms with E-state index >= 15 is 0 Å². The Bertz CT molecular complexity index is 587. The van der Waals surface area contributed by atoms with E-state index in [-0.39, 0.29) is 5.56 Å². The van der Waals surface area contributed by atoms with Gasteiger partial charge in [-0.05, 0) is 44.1 Å². The first-order valence-electron chi connectivity index (χ1n) is 6.04. The molecule has 0 bridgehead atoms. The van der Waals surface area contributed by atoms with Crippen molar-refractivity contribution < 1.29 is 9.90 Å². The number of hydrogen-bond donors (Lipinski definition) is 2. The summed E-state index contributed by atoms with van der Waals surface area (Å²) < 4.78 is 1.92. The maximum Gasteiger partial charge on any atom is 0.335 e. The molecule has 94 valence electrons. The van der Waals surface area contributed by atoms with Crippen LogP contribution in [-0.2, 0) is 0 Å². The second-order valence-corrected chi connectivity index (χ2v) is 4.52. The molecule has 0 atom stereocenters. The van der Waals surface area contributed by atoms with E-state index in [2.05, 4.69) is 15.6 Å². The molecule has 1 aliphatic heterocycles. The number of aromatic nitrogens is 3. The Kier molecular flexibility index (Phi) is 2.71. The zero-order valence-electron chi connectivity index (χ0n) is 9.83. The number of benzene rings is 1. The van der Waals surface area contributed by atoms with Crippen LogP contribution in [0.15, 0.2) is 18.2 Å².